The molecule has 0 aliphatic carbocycles. The Hall–Kier alpha value is -1.82. The predicted molar refractivity (Wildman–Crippen MR) is 77.0 cm³/mol. The van der Waals surface area contributed by atoms with Crippen molar-refractivity contribution in [3.63, 3.8) is 0 Å². The molecule has 126 valence electrons. The Morgan fingerprint density at radius 1 is 1.09 bits per heavy atom. The number of hydrogen-bond donors (Lipinski definition) is 6. The first-order valence-electron chi connectivity index (χ1n) is 7.01. The smallest absolute Gasteiger partial charge is 0.164 e. The zero-order valence-electron chi connectivity index (χ0n) is 12.0. The molecule has 0 saturated carbocycles. The first kappa shape index (κ1) is 16.1. The number of aliphatic hydroxyl groups is 5. The molecule has 0 aromatic carbocycles. The van der Waals surface area contributed by atoms with Crippen molar-refractivity contribution in [1.29, 1.82) is 0 Å². The first-order valence-corrected chi connectivity index (χ1v) is 7.01. The summed E-state index contributed by atoms with van der Waals surface area (Å²) in [6, 6.07) is 1.61. The molecule has 6 atom stereocenters. The van der Waals surface area contributed by atoms with Crippen molar-refractivity contribution in [2.24, 2.45) is 0 Å². The van der Waals surface area contributed by atoms with Gasteiger partial charge in [0.05, 0.1) is 12.0 Å². The van der Waals surface area contributed by atoms with Gasteiger partial charge in [0.25, 0.3) is 0 Å². The Morgan fingerprint density at radius 2 is 1.78 bits per heavy atom. The third-order valence-electron chi connectivity index (χ3n) is 4.03. The number of aromatic nitrogens is 3. The third kappa shape index (κ3) is 2.55. The van der Waals surface area contributed by atoms with E-state index >= 15 is 0 Å². The second-order valence-electron chi connectivity index (χ2n) is 5.43. The van der Waals surface area contributed by atoms with Gasteiger partial charge < -0.3 is 40.6 Å². The molecule has 23 heavy (non-hydrogen) atoms. The van der Waals surface area contributed by atoms with Crippen molar-refractivity contribution in [2.45, 2.75) is 36.7 Å². The van der Waals surface area contributed by atoms with Crippen LogP contribution in [-0.4, -0.2) is 77.2 Å². The van der Waals surface area contributed by atoms with Gasteiger partial charge in [-0.3, -0.25) is 0 Å². The highest BCUT2D eigenvalue weighted by Gasteiger charge is 2.45. The van der Waals surface area contributed by atoms with Gasteiger partial charge in [0.1, 0.15) is 48.3 Å². The van der Waals surface area contributed by atoms with Crippen molar-refractivity contribution in [3.8, 4) is 0 Å². The van der Waals surface area contributed by atoms with Gasteiger partial charge in [-0.05, 0) is 6.07 Å². The van der Waals surface area contributed by atoms with E-state index in [1.165, 1.54) is 17.1 Å². The Morgan fingerprint density at radius 3 is 2.48 bits per heavy atom. The monoisotopic (exact) mass is 326 g/mol. The Balaban J connectivity index is 2.06. The topological polar surface area (TPSA) is 167 Å². The summed E-state index contributed by atoms with van der Waals surface area (Å²) in [5.74, 6) is 0.233. The molecule has 10 heteroatoms. The van der Waals surface area contributed by atoms with Crippen LogP contribution in [0.25, 0.3) is 11.0 Å². The summed E-state index contributed by atoms with van der Waals surface area (Å²) in [5.41, 5.74) is 6.10. The van der Waals surface area contributed by atoms with E-state index in [4.69, 9.17) is 10.5 Å². The minimum Gasteiger partial charge on any atom is -0.394 e. The van der Waals surface area contributed by atoms with Gasteiger partial charge in [-0.15, -0.1) is 0 Å². The van der Waals surface area contributed by atoms with E-state index in [0.717, 1.165) is 0 Å². The molecule has 3 rings (SSSR count). The number of nitrogens with two attached hydrogens (primary N) is 1. The molecular formula is C13H18N4O6. The number of nitrogens with zero attached hydrogens (tertiary/aromatic N) is 3. The summed E-state index contributed by atoms with van der Waals surface area (Å²) < 4.78 is 6.91. The molecule has 0 radical (unpaired) electrons. The molecule has 2 aromatic rings. The number of rotatable bonds is 2. The zero-order chi connectivity index (χ0) is 16.7. The molecule has 0 unspecified atom stereocenters. The van der Waals surface area contributed by atoms with Crippen LogP contribution in [0.5, 0.6) is 0 Å². The van der Waals surface area contributed by atoms with Crippen molar-refractivity contribution in [3.05, 3.63) is 18.6 Å². The second kappa shape index (κ2) is 6.00. The summed E-state index contributed by atoms with van der Waals surface area (Å²) in [7, 11) is 0. The van der Waals surface area contributed by atoms with E-state index in [9.17, 15) is 25.5 Å². The SMILES string of the molecule is Nc1ncnc2c1ccn2[C@@H]1O[C@H](CO)[C@@H](O)[C@H](O)[C@@H](O)[C@H]1O. The molecule has 2 aromatic heterocycles. The summed E-state index contributed by atoms with van der Waals surface area (Å²) in [6.45, 7) is -0.607. The number of ether oxygens (including phenoxy) is 1. The molecule has 10 nitrogen and oxygen atoms in total. The normalized spacial score (nSPS) is 35.3. The minimum absolute atomic E-state index is 0.233. The van der Waals surface area contributed by atoms with Crippen LogP contribution in [0.2, 0.25) is 0 Å². The summed E-state index contributed by atoms with van der Waals surface area (Å²) >= 11 is 0. The van der Waals surface area contributed by atoms with Crippen LogP contribution in [0.1, 0.15) is 6.23 Å². The van der Waals surface area contributed by atoms with Crippen molar-refractivity contribution in [1.82, 2.24) is 14.5 Å². The van der Waals surface area contributed by atoms with Gasteiger partial charge in [0, 0.05) is 6.20 Å². The zero-order valence-corrected chi connectivity index (χ0v) is 12.0. The Labute approximate surface area is 130 Å². The molecule has 0 amide bonds. The molecule has 1 aliphatic rings. The van der Waals surface area contributed by atoms with Crippen molar-refractivity contribution in [2.75, 3.05) is 12.3 Å². The van der Waals surface area contributed by atoms with Gasteiger partial charge in [0.15, 0.2) is 6.23 Å². The maximum atomic E-state index is 10.3. The Bertz CT molecular complexity index is 692. The van der Waals surface area contributed by atoms with E-state index in [1.54, 1.807) is 6.07 Å². The number of anilines is 1. The van der Waals surface area contributed by atoms with Crippen LogP contribution in [0, 0.1) is 0 Å². The lowest BCUT2D eigenvalue weighted by Crippen LogP contribution is -2.47. The third-order valence-corrected chi connectivity index (χ3v) is 4.03. The highest BCUT2D eigenvalue weighted by molar-refractivity contribution is 5.86. The van der Waals surface area contributed by atoms with Crippen LogP contribution in [0.4, 0.5) is 5.82 Å². The maximum Gasteiger partial charge on any atom is 0.164 e. The number of fused-ring (bicyclic) bond motifs is 1. The van der Waals surface area contributed by atoms with E-state index < -0.39 is 43.4 Å². The van der Waals surface area contributed by atoms with E-state index in [-0.39, 0.29) is 5.82 Å². The van der Waals surface area contributed by atoms with E-state index in [2.05, 4.69) is 9.97 Å². The lowest BCUT2D eigenvalue weighted by molar-refractivity contribution is -0.149. The first-order chi connectivity index (χ1) is 11.0. The van der Waals surface area contributed by atoms with Crippen molar-refractivity contribution >= 4 is 16.9 Å². The van der Waals surface area contributed by atoms with Crippen molar-refractivity contribution < 1.29 is 30.3 Å². The van der Waals surface area contributed by atoms with Crippen LogP contribution >= 0.6 is 0 Å². The summed E-state index contributed by atoms with van der Waals surface area (Å²) in [4.78, 5) is 7.92. The lowest BCUT2D eigenvalue weighted by Gasteiger charge is -2.27. The molecule has 0 bridgehead atoms. The molecular weight excluding hydrogens is 308 g/mol. The standard InChI is InChI=1S/C13H18N4O6/c14-11-5-1-2-17(12(5)16-4-15-11)13-10(22)9(21)8(20)7(19)6(3-18)23-13/h1-2,4,6-10,13,18-22H,3H2,(H2,14,15,16)/t6-,7-,8+,9-,10-,13-/m1/s1. The number of hydrogen-bond acceptors (Lipinski definition) is 9. The fourth-order valence-corrected chi connectivity index (χ4v) is 2.71. The fourth-order valence-electron chi connectivity index (χ4n) is 2.71. The predicted octanol–water partition coefficient (Wildman–Crippen LogP) is -2.65. The summed E-state index contributed by atoms with van der Waals surface area (Å²) in [6.07, 6.45) is -6.11. The second-order valence-corrected chi connectivity index (χ2v) is 5.43. The molecule has 0 spiro atoms. The molecule has 3 heterocycles. The number of aliphatic hydroxyl groups excluding tert-OH is 5. The number of nitrogen functional groups attached to an aromatic ring is 1. The van der Waals surface area contributed by atoms with Crippen LogP contribution < -0.4 is 5.73 Å². The van der Waals surface area contributed by atoms with Crippen LogP contribution in [0.15, 0.2) is 18.6 Å². The van der Waals surface area contributed by atoms with Gasteiger partial charge in [-0.2, -0.15) is 0 Å². The molecule has 7 N–H and O–H groups in total. The highest BCUT2D eigenvalue weighted by atomic mass is 16.6. The molecule has 1 aliphatic heterocycles. The largest absolute Gasteiger partial charge is 0.394 e. The van der Waals surface area contributed by atoms with Gasteiger partial charge in [-0.1, -0.05) is 0 Å². The maximum absolute atomic E-state index is 10.3. The quantitative estimate of drug-likeness (QED) is 0.345. The van der Waals surface area contributed by atoms with Gasteiger partial charge in [0.2, 0.25) is 0 Å². The molecule has 1 saturated heterocycles. The average molecular weight is 326 g/mol. The van der Waals surface area contributed by atoms with Gasteiger partial charge >= 0.3 is 0 Å². The van der Waals surface area contributed by atoms with E-state index in [0.29, 0.717) is 11.0 Å². The average Bonchev–Trinajstić information content (AvgIpc) is 2.95. The van der Waals surface area contributed by atoms with Crippen LogP contribution in [0.3, 0.4) is 0 Å². The molecule has 1 fully saturated rings. The Kier molecular flexibility index (Phi) is 4.19. The lowest BCUT2D eigenvalue weighted by atomic mass is 10.0. The van der Waals surface area contributed by atoms with E-state index in [1.807, 2.05) is 0 Å². The fraction of sp³-hybridized carbons (Fsp3) is 0.538. The highest BCUT2D eigenvalue weighted by Crippen LogP contribution is 2.31. The van der Waals surface area contributed by atoms with Crippen LogP contribution in [-0.2, 0) is 4.74 Å². The minimum atomic E-state index is -1.68. The van der Waals surface area contributed by atoms with Gasteiger partial charge in [-0.25, -0.2) is 9.97 Å². The summed E-state index contributed by atoms with van der Waals surface area (Å²) in [5, 5.41) is 49.9.